The first-order valence-electron chi connectivity index (χ1n) is 8.10. The molecule has 2 saturated carbocycles. The molecule has 1 heterocycles. The van der Waals surface area contributed by atoms with Gasteiger partial charge in [0.2, 0.25) is 0 Å². The van der Waals surface area contributed by atoms with Gasteiger partial charge in [-0.3, -0.25) is 0 Å². The molecule has 2 fully saturated rings. The Kier molecular flexibility index (Phi) is 4.81. The lowest BCUT2D eigenvalue weighted by Crippen LogP contribution is -2.32. The van der Waals surface area contributed by atoms with Gasteiger partial charge in [0, 0.05) is 18.2 Å². The summed E-state index contributed by atoms with van der Waals surface area (Å²) in [6, 6.07) is 0. The van der Waals surface area contributed by atoms with Gasteiger partial charge in [-0.25, -0.2) is 4.98 Å². The van der Waals surface area contributed by atoms with Crippen molar-refractivity contribution >= 4 is 28.1 Å². The highest BCUT2D eigenvalue weighted by atomic mass is 79.9. The van der Waals surface area contributed by atoms with Crippen molar-refractivity contribution < 1.29 is 4.74 Å². The molecule has 0 bridgehead atoms. The summed E-state index contributed by atoms with van der Waals surface area (Å²) in [7, 11) is 0. The van der Waals surface area contributed by atoms with Crippen molar-refractivity contribution in [1.29, 1.82) is 0 Å². The Hall–Kier alpha value is -0.260. The Balaban J connectivity index is 2.04. The number of rotatable bonds is 4. The van der Waals surface area contributed by atoms with Crippen LogP contribution in [0.5, 0.6) is 0 Å². The predicted molar refractivity (Wildman–Crippen MR) is 90.1 cm³/mol. The predicted octanol–water partition coefficient (Wildman–Crippen LogP) is 5.37. The molecular formula is C16H23BrN2OS. The van der Waals surface area contributed by atoms with Crippen LogP contribution in [0.1, 0.15) is 75.7 Å². The maximum absolute atomic E-state index is 6.23. The fourth-order valence-corrected chi connectivity index (χ4v) is 4.08. The van der Waals surface area contributed by atoms with E-state index in [0.29, 0.717) is 10.6 Å². The number of H-pyrrole nitrogens is 1. The average Bonchev–Trinajstić information content (AvgIpc) is 3.29. The van der Waals surface area contributed by atoms with Gasteiger partial charge in [-0.1, -0.05) is 37.9 Å². The summed E-state index contributed by atoms with van der Waals surface area (Å²) in [5, 5.41) is 0. The number of hydrogen-bond acceptors (Lipinski definition) is 3. The van der Waals surface area contributed by atoms with Crippen LogP contribution in [0.15, 0.2) is 4.47 Å². The van der Waals surface area contributed by atoms with Crippen LogP contribution in [-0.2, 0) is 10.3 Å². The van der Waals surface area contributed by atoms with Gasteiger partial charge in [0.1, 0.15) is 16.1 Å². The van der Waals surface area contributed by atoms with Crippen LogP contribution in [0, 0.1) is 4.64 Å². The van der Waals surface area contributed by atoms with E-state index in [1.807, 2.05) is 0 Å². The van der Waals surface area contributed by atoms with Crippen molar-refractivity contribution in [3.8, 4) is 0 Å². The molecule has 5 heteroatoms. The van der Waals surface area contributed by atoms with Crippen LogP contribution in [0.25, 0.3) is 0 Å². The minimum Gasteiger partial charge on any atom is -0.367 e. The van der Waals surface area contributed by atoms with E-state index in [9.17, 15) is 0 Å². The lowest BCUT2D eigenvalue weighted by molar-refractivity contribution is -0.0626. The van der Waals surface area contributed by atoms with Crippen LogP contribution in [0.4, 0.5) is 0 Å². The topological polar surface area (TPSA) is 37.9 Å². The van der Waals surface area contributed by atoms with Crippen molar-refractivity contribution in [2.75, 3.05) is 6.61 Å². The Bertz CT molecular complexity index is 560. The average molecular weight is 371 g/mol. The lowest BCUT2D eigenvalue weighted by atomic mass is 9.92. The van der Waals surface area contributed by atoms with Gasteiger partial charge >= 0.3 is 0 Å². The molecule has 0 aliphatic heterocycles. The molecule has 0 aromatic carbocycles. The zero-order chi connectivity index (χ0) is 14.9. The van der Waals surface area contributed by atoms with Crippen LogP contribution in [0.3, 0.4) is 0 Å². The molecule has 0 spiro atoms. The molecule has 1 aromatic heterocycles. The van der Waals surface area contributed by atoms with Crippen molar-refractivity contribution in [2.45, 2.75) is 69.8 Å². The summed E-state index contributed by atoms with van der Waals surface area (Å²) >= 11 is 9.09. The second kappa shape index (κ2) is 6.47. The SMILES string of the molecule is CCOC1(c2nc(=S)c(Br)c(C3CC3)[nH]2)CCCCCC1. The molecule has 0 saturated heterocycles. The zero-order valence-corrected chi connectivity index (χ0v) is 15.0. The van der Waals surface area contributed by atoms with Crippen molar-refractivity contribution in [3.63, 3.8) is 0 Å². The molecule has 0 amide bonds. The highest BCUT2D eigenvalue weighted by Crippen LogP contribution is 2.44. The maximum atomic E-state index is 6.23. The maximum Gasteiger partial charge on any atom is 0.144 e. The quantitative estimate of drug-likeness (QED) is 0.572. The summed E-state index contributed by atoms with van der Waals surface area (Å²) in [6.07, 6.45) is 9.58. The summed E-state index contributed by atoms with van der Waals surface area (Å²) in [6.45, 7) is 2.79. The Labute approximate surface area is 140 Å². The number of ether oxygens (including phenoxy) is 1. The normalized spacial score (nSPS) is 22.0. The van der Waals surface area contributed by atoms with Gasteiger partial charge in [-0.05, 0) is 48.5 Å². The van der Waals surface area contributed by atoms with E-state index in [1.165, 1.54) is 44.2 Å². The minimum absolute atomic E-state index is 0.261. The fourth-order valence-electron chi connectivity index (χ4n) is 3.37. The minimum atomic E-state index is -0.261. The first kappa shape index (κ1) is 15.6. The fraction of sp³-hybridized carbons (Fsp3) is 0.750. The third kappa shape index (κ3) is 3.25. The molecule has 0 atom stereocenters. The third-order valence-corrected chi connectivity index (χ3v) is 6.00. The zero-order valence-electron chi connectivity index (χ0n) is 12.6. The second-order valence-electron chi connectivity index (χ2n) is 6.23. The highest BCUT2D eigenvalue weighted by Gasteiger charge is 2.37. The molecule has 3 nitrogen and oxygen atoms in total. The molecule has 0 unspecified atom stereocenters. The number of nitrogens with zero attached hydrogens (tertiary/aromatic N) is 1. The van der Waals surface area contributed by atoms with Crippen LogP contribution in [0.2, 0.25) is 0 Å². The molecule has 2 aliphatic rings. The van der Waals surface area contributed by atoms with Crippen molar-refractivity contribution in [2.24, 2.45) is 0 Å². The summed E-state index contributed by atoms with van der Waals surface area (Å²) in [5.74, 6) is 1.58. The van der Waals surface area contributed by atoms with E-state index in [-0.39, 0.29) is 5.60 Å². The summed E-state index contributed by atoms with van der Waals surface area (Å²) in [5.41, 5.74) is 0.969. The van der Waals surface area contributed by atoms with Crippen molar-refractivity contribution in [1.82, 2.24) is 9.97 Å². The number of nitrogens with one attached hydrogen (secondary N) is 1. The van der Waals surface area contributed by atoms with E-state index < -0.39 is 0 Å². The molecule has 1 aromatic rings. The standard InChI is InChI=1S/C16H23BrN2OS/c1-2-20-16(9-5-3-4-6-10-16)15-18-13(11-7-8-11)12(17)14(21)19-15/h11H,2-10H2,1H3,(H,18,19,21). The second-order valence-corrected chi connectivity index (χ2v) is 7.41. The molecule has 3 rings (SSSR count). The van der Waals surface area contributed by atoms with Crippen LogP contribution < -0.4 is 0 Å². The number of hydrogen-bond donors (Lipinski definition) is 1. The first-order chi connectivity index (χ1) is 10.2. The Morgan fingerprint density at radius 3 is 2.52 bits per heavy atom. The summed E-state index contributed by atoms with van der Waals surface area (Å²) < 4.78 is 7.88. The monoisotopic (exact) mass is 370 g/mol. The van der Waals surface area contributed by atoms with Gasteiger partial charge in [-0.15, -0.1) is 0 Å². The first-order valence-corrected chi connectivity index (χ1v) is 9.30. The molecule has 116 valence electrons. The summed E-state index contributed by atoms with van der Waals surface area (Å²) in [4.78, 5) is 8.28. The molecule has 2 aliphatic carbocycles. The largest absolute Gasteiger partial charge is 0.367 e. The van der Waals surface area contributed by atoms with Gasteiger partial charge in [0.05, 0.1) is 4.47 Å². The number of aromatic nitrogens is 2. The van der Waals surface area contributed by atoms with E-state index in [1.54, 1.807) is 0 Å². The van der Waals surface area contributed by atoms with Crippen LogP contribution in [-0.4, -0.2) is 16.6 Å². The molecule has 1 N–H and O–H groups in total. The van der Waals surface area contributed by atoms with Gasteiger partial charge in [0.15, 0.2) is 0 Å². The lowest BCUT2D eigenvalue weighted by Gasteiger charge is -2.32. The molecular weight excluding hydrogens is 348 g/mol. The Morgan fingerprint density at radius 1 is 1.29 bits per heavy atom. The smallest absolute Gasteiger partial charge is 0.144 e. The van der Waals surface area contributed by atoms with Gasteiger partial charge in [-0.2, -0.15) is 0 Å². The molecule has 21 heavy (non-hydrogen) atoms. The van der Waals surface area contributed by atoms with Crippen molar-refractivity contribution in [3.05, 3.63) is 20.6 Å². The van der Waals surface area contributed by atoms with Gasteiger partial charge < -0.3 is 9.72 Å². The van der Waals surface area contributed by atoms with E-state index in [4.69, 9.17) is 17.0 Å². The number of halogens is 1. The Morgan fingerprint density at radius 2 is 1.95 bits per heavy atom. The van der Waals surface area contributed by atoms with E-state index >= 15 is 0 Å². The van der Waals surface area contributed by atoms with E-state index in [0.717, 1.165) is 29.7 Å². The molecule has 0 radical (unpaired) electrons. The highest BCUT2D eigenvalue weighted by molar-refractivity contribution is 9.10. The van der Waals surface area contributed by atoms with Gasteiger partial charge in [0.25, 0.3) is 0 Å². The van der Waals surface area contributed by atoms with E-state index in [2.05, 4.69) is 32.8 Å². The third-order valence-electron chi connectivity index (χ3n) is 4.64. The van der Waals surface area contributed by atoms with Crippen LogP contribution >= 0.6 is 28.1 Å². The number of aromatic amines is 1.